The molecule has 0 bridgehead atoms. The second kappa shape index (κ2) is 9.54. The number of anilines is 2. The van der Waals surface area contributed by atoms with E-state index in [1.807, 2.05) is 0 Å². The number of ether oxygens (including phenoxy) is 1. The van der Waals surface area contributed by atoms with Crippen LogP contribution in [0.15, 0.2) is 42.5 Å². The molecule has 9 heteroatoms. The molecule has 0 aromatic heterocycles. The predicted octanol–water partition coefficient (Wildman–Crippen LogP) is 3.60. The molecule has 0 fully saturated rings. The summed E-state index contributed by atoms with van der Waals surface area (Å²) in [7, 11) is 0. The van der Waals surface area contributed by atoms with Gasteiger partial charge in [0, 0.05) is 12.2 Å². The highest BCUT2D eigenvalue weighted by molar-refractivity contribution is 6.39. The van der Waals surface area contributed by atoms with E-state index in [0.29, 0.717) is 43.5 Å². The molecule has 2 N–H and O–H groups in total. The van der Waals surface area contributed by atoms with Gasteiger partial charge in [-0.2, -0.15) is 0 Å². The first-order valence-electron chi connectivity index (χ1n) is 7.79. The Labute approximate surface area is 168 Å². The zero-order chi connectivity index (χ0) is 19.2. The van der Waals surface area contributed by atoms with Crippen LogP contribution in [0.4, 0.5) is 20.2 Å². The molecule has 26 heavy (non-hydrogen) atoms. The molecule has 0 atom stereocenters. The number of nitrogens with one attached hydrogen (secondary N) is 2. The van der Waals surface area contributed by atoms with Crippen molar-refractivity contribution in [2.24, 2.45) is 0 Å². The van der Waals surface area contributed by atoms with Gasteiger partial charge in [0.05, 0.1) is 22.2 Å². The third kappa shape index (κ3) is 6.12. The molecule has 0 saturated carbocycles. The maximum atomic E-state index is 13.4. The number of para-hydroxylation sites is 2. The van der Waals surface area contributed by atoms with Gasteiger partial charge in [-0.05, 0) is 23.8 Å². The minimum atomic E-state index is -3.08. The molecule has 0 aliphatic carbocycles. The Bertz CT molecular complexity index is 758. The summed E-state index contributed by atoms with van der Waals surface area (Å²) in [6.07, 6.45) is -0.157. The molecule has 2 aromatic carbocycles. The van der Waals surface area contributed by atoms with Crippen molar-refractivity contribution < 1.29 is 18.3 Å². The van der Waals surface area contributed by atoms with Gasteiger partial charge in [-0.25, -0.2) is 8.78 Å². The zero-order valence-corrected chi connectivity index (χ0v) is 17.5. The van der Waals surface area contributed by atoms with Crippen LogP contribution < -0.4 is 9.62 Å². The zero-order valence-electron chi connectivity index (χ0n) is 14.0. The van der Waals surface area contributed by atoms with E-state index < -0.39 is 25.0 Å². The van der Waals surface area contributed by atoms with Gasteiger partial charge < -0.3 is 14.4 Å². The van der Waals surface area contributed by atoms with Gasteiger partial charge in [0.1, 0.15) is 0 Å². The fourth-order valence-corrected chi connectivity index (χ4v) is 3.26. The van der Waals surface area contributed by atoms with Crippen molar-refractivity contribution >= 4 is 57.1 Å². The van der Waals surface area contributed by atoms with Crippen LogP contribution in [0.5, 0.6) is 0 Å². The van der Waals surface area contributed by atoms with E-state index >= 15 is 0 Å². The Morgan fingerprint density at radius 2 is 1.77 bits per heavy atom. The highest BCUT2D eigenvalue weighted by Gasteiger charge is 2.29. The monoisotopic (exact) mass is 416 g/mol. The van der Waals surface area contributed by atoms with Gasteiger partial charge in [0.15, 0.2) is 6.61 Å². The van der Waals surface area contributed by atoms with Crippen molar-refractivity contribution in [3.8, 4) is 0 Å². The van der Waals surface area contributed by atoms with Crippen LogP contribution >= 0.6 is 23.2 Å². The maximum Gasteiger partial charge on any atom is 0.319 e. The number of esters is 1. The molecular formula is C17H17AlCl2F2N2O2. The summed E-state index contributed by atoms with van der Waals surface area (Å²) >= 11 is 12.7. The molecule has 0 aliphatic heterocycles. The summed E-state index contributed by atoms with van der Waals surface area (Å²) in [5.41, 5.74) is 1.67. The van der Waals surface area contributed by atoms with Gasteiger partial charge in [0.2, 0.25) is 0 Å². The van der Waals surface area contributed by atoms with E-state index in [1.54, 1.807) is 42.5 Å². The Morgan fingerprint density at radius 3 is 2.42 bits per heavy atom. The van der Waals surface area contributed by atoms with Crippen LogP contribution in [0.25, 0.3) is 0 Å². The summed E-state index contributed by atoms with van der Waals surface area (Å²) in [5.74, 6) is -3.82. The number of rotatable bonds is 8. The number of hydrogen-bond donors (Lipinski definition) is 2. The molecule has 0 saturated heterocycles. The summed E-state index contributed by atoms with van der Waals surface area (Å²) in [4.78, 5) is 12.0. The summed E-state index contributed by atoms with van der Waals surface area (Å²) in [6.45, 7) is -1.46. The highest BCUT2D eigenvalue weighted by atomic mass is 35.5. The fraction of sp³-hybridized carbons (Fsp3) is 0.235. The standard InChI is InChI=1S/C17H15Cl2F2N2O2.Al.2H/c18-12-5-3-6-13(19)16(12)23-14-7-2-1-4-11(14)8-15(24)25-10-17(20,21)9-22;;;/h1-7,22-23H,8-10H2;;;/q-1;+1;;. The van der Waals surface area contributed by atoms with Crippen molar-refractivity contribution in [2.45, 2.75) is 12.3 Å². The normalized spacial score (nSPS) is 11.2. The van der Waals surface area contributed by atoms with E-state index in [9.17, 15) is 13.6 Å². The van der Waals surface area contributed by atoms with E-state index in [-0.39, 0.29) is 6.42 Å². The smallest absolute Gasteiger partial charge is 0.319 e. The Balaban J connectivity index is 2.08. The summed E-state index contributed by atoms with van der Waals surface area (Å²) in [5, 5.41) is 3.92. The molecule has 0 aliphatic rings. The largest absolute Gasteiger partial charge is 0.459 e. The van der Waals surface area contributed by atoms with Crippen LogP contribution in [0.1, 0.15) is 5.56 Å². The van der Waals surface area contributed by atoms with Gasteiger partial charge in [0.25, 0.3) is 5.92 Å². The van der Waals surface area contributed by atoms with Crippen molar-refractivity contribution in [1.82, 2.24) is 4.30 Å². The third-order valence-electron chi connectivity index (χ3n) is 3.45. The fourth-order valence-electron chi connectivity index (χ4n) is 2.25. The molecule has 0 unspecified atom stereocenters. The lowest BCUT2D eigenvalue weighted by Crippen LogP contribution is -2.36. The number of alkyl halides is 2. The minimum Gasteiger partial charge on any atom is -0.459 e. The van der Waals surface area contributed by atoms with Crippen molar-refractivity contribution in [1.29, 1.82) is 0 Å². The molecular weight excluding hydrogens is 400 g/mol. The van der Waals surface area contributed by atoms with Crippen LogP contribution in [0.3, 0.4) is 0 Å². The number of carbonyl (C=O) groups is 1. The Kier molecular flexibility index (Phi) is 7.69. The van der Waals surface area contributed by atoms with Gasteiger partial charge >= 0.3 is 22.5 Å². The second-order valence-corrected chi connectivity index (χ2v) is 7.12. The Hall–Kier alpha value is -1.36. The molecule has 4 nitrogen and oxygen atoms in total. The predicted molar refractivity (Wildman–Crippen MR) is 102 cm³/mol. The molecule has 0 radical (unpaired) electrons. The van der Waals surface area contributed by atoms with Crippen LogP contribution in [0.2, 0.25) is 10.0 Å². The molecule has 2 aromatic rings. The van der Waals surface area contributed by atoms with E-state index in [4.69, 9.17) is 27.9 Å². The van der Waals surface area contributed by atoms with Crippen molar-refractivity contribution in [2.75, 3.05) is 18.5 Å². The topological polar surface area (TPSA) is 50.4 Å². The van der Waals surface area contributed by atoms with E-state index in [1.165, 1.54) is 0 Å². The van der Waals surface area contributed by atoms with Gasteiger partial charge in [-0.15, -0.1) is 0 Å². The number of halogens is 4. The number of carbonyl (C=O) groups excluding carboxylic acids is 1. The average Bonchev–Trinajstić information content (AvgIpc) is 2.58. The summed E-state index contributed by atoms with van der Waals surface area (Å²) < 4.78 is 34.1. The van der Waals surface area contributed by atoms with Crippen LogP contribution in [-0.2, 0) is 16.0 Å². The first-order chi connectivity index (χ1) is 12.3. The highest BCUT2D eigenvalue weighted by Crippen LogP contribution is 2.33. The lowest BCUT2D eigenvalue weighted by molar-refractivity contribution is -0.153. The van der Waals surface area contributed by atoms with E-state index in [0.717, 1.165) is 0 Å². The van der Waals surface area contributed by atoms with Gasteiger partial charge in [-0.3, -0.25) is 4.79 Å². The lowest BCUT2D eigenvalue weighted by atomic mass is 10.1. The minimum absolute atomic E-state index is 0.157. The van der Waals surface area contributed by atoms with E-state index in [2.05, 4.69) is 9.62 Å². The molecule has 0 spiro atoms. The van der Waals surface area contributed by atoms with Crippen molar-refractivity contribution in [3.63, 3.8) is 0 Å². The first kappa shape index (κ1) is 20.9. The number of hydrogen-bond acceptors (Lipinski definition) is 4. The van der Waals surface area contributed by atoms with Gasteiger partial charge in [-0.1, -0.05) is 47.5 Å². The molecule has 138 valence electrons. The SMILES string of the molecule is O=C(Cc1ccccc1Nc1c(Cl)cccc1Cl)OCC(F)(F)C[NH][AlH2]. The second-order valence-electron chi connectivity index (χ2n) is 5.60. The maximum absolute atomic E-state index is 13.4. The molecule has 2 rings (SSSR count). The Morgan fingerprint density at radius 1 is 1.12 bits per heavy atom. The van der Waals surface area contributed by atoms with Crippen LogP contribution in [0, 0.1) is 0 Å². The number of benzene rings is 2. The summed E-state index contributed by atoms with van der Waals surface area (Å²) in [6, 6.07) is 12.0. The molecule has 0 amide bonds. The average molecular weight is 417 g/mol. The third-order valence-corrected chi connectivity index (χ3v) is 4.44. The molecule has 0 heterocycles. The first-order valence-corrected chi connectivity index (χ1v) is 9.55. The lowest BCUT2D eigenvalue weighted by Gasteiger charge is -2.17. The quantitative estimate of drug-likeness (QED) is 0.509. The van der Waals surface area contributed by atoms with Crippen LogP contribution in [-0.4, -0.2) is 41.6 Å². The van der Waals surface area contributed by atoms with Crippen molar-refractivity contribution in [3.05, 3.63) is 58.1 Å².